The van der Waals surface area contributed by atoms with Crippen molar-refractivity contribution in [3.05, 3.63) is 47.4 Å². The molecule has 1 unspecified atom stereocenters. The quantitative estimate of drug-likeness (QED) is 0.883. The lowest BCUT2D eigenvalue weighted by molar-refractivity contribution is 0.102. The molecule has 1 saturated heterocycles. The molecule has 2 heterocycles. The highest BCUT2D eigenvalue weighted by Crippen LogP contribution is 2.15. The lowest BCUT2D eigenvalue weighted by Crippen LogP contribution is -2.20. The molecule has 1 aromatic carbocycles. The topological polar surface area (TPSA) is 76.1 Å². The summed E-state index contributed by atoms with van der Waals surface area (Å²) in [5, 5.41) is 6.09. The molecule has 0 radical (unpaired) electrons. The van der Waals surface area contributed by atoms with E-state index in [1.165, 1.54) is 0 Å². The Labute approximate surface area is 141 Å². The minimum absolute atomic E-state index is 0.213. The molecule has 0 spiro atoms. The Hall–Kier alpha value is -2.47. The normalized spacial score (nSPS) is 16.8. The number of carbonyl (C=O) groups excluding carboxylic acids is 1. The van der Waals surface area contributed by atoms with Crippen LogP contribution in [0.5, 0.6) is 0 Å². The van der Waals surface area contributed by atoms with Gasteiger partial charge in [-0.15, -0.1) is 0 Å². The summed E-state index contributed by atoms with van der Waals surface area (Å²) in [6.07, 6.45) is 2.36. The van der Waals surface area contributed by atoms with Crippen molar-refractivity contribution >= 4 is 17.4 Å². The maximum Gasteiger partial charge on any atom is 0.274 e. The van der Waals surface area contributed by atoms with Crippen LogP contribution in [0.3, 0.4) is 0 Å². The standard InChI is InChI=1S/C18H22N4O2/c1-12-5-7-14(8-6-12)22-18(23)16-10-17(21-13(2)20-16)19-11-15-4-3-9-24-15/h5-8,10,15H,3-4,9,11H2,1-2H3,(H,22,23)(H,19,20,21). The van der Waals surface area contributed by atoms with Crippen LogP contribution in [0.2, 0.25) is 0 Å². The van der Waals surface area contributed by atoms with E-state index in [1.54, 1.807) is 13.0 Å². The predicted octanol–water partition coefficient (Wildman–Crippen LogP) is 2.94. The van der Waals surface area contributed by atoms with Crippen LogP contribution in [-0.2, 0) is 4.74 Å². The minimum atomic E-state index is -0.246. The van der Waals surface area contributed by atoms with Crippen molar-refractivity contribution in [1.82, 2.24) is 9.97 Å². The van der Waals surface area contributed by atoms with Crippen LogP contribution >= 0.6 is 0 Å². The van der Waals surface area contributed by atoms with E-state index in [9.17, 15) is 4.79 Å². The Kier molecular flexibility index (Phi) is 5.05. The summed E-state index contributed by atoms with van der Waals surface area (Å²) < 4.78 is 5.59. The largest absolute Gasteiger partial charge is 0.376 e. The Bertz CT molecular complexity index is 709. The van der Waals surface area contributed by atoms with Crippen molar-refractivity contribution < 1.29 is 9.53 Å². The molecule has 1 amide bonds. The average Bonchev–Trinajstić information content (AvgIpc) is 3.08. The van der Waals surface area contributed by atoms with Gasteiger partial charge in [-0.25, -0.2) is 9.97 Å². The van der Waals surface area contributed by atoms with E-state index in [0.717, 1.165) is 30.7 Å². The molecule has 1 aromatic heterocycles. The van der Waals surface area contributed by atoms with Gasteiger partial charge in [-0.1, -0.05) is 17.7 Å². The molecule has 126 valence electrons. The highest BCUT2D eigenvalue weighted by Gasteiger charge is 2.16. The highest BCUT2D eigenvalue weighted by atomic mass is 16.5. The number of nitrogens with zero attached hydrogens (tertiary/aromatic N) is 2. The SMILES string of the molecule is Cc1ccc(NC(=O)c2cc(NCC3CCCO3)nc(C)n2)cc1. The van der Waals surface area contributed by atoms with Crippen molar-refractivity contribution in [3.63, 3.8) is 0 Å². The van der Waals surface area contributed by atoms with E-state index in [0.29, 0.717) is 23.9 Å². The number of hydrogen-bond donors (Lipinski definition) is 2. The number of amides is 1. The van der Waals surface area contributed by atoms with Gasteiger partial charge in [0.2, 0.25) is 0 Å². The maximum atomic E-state index is 12.4. The number of aromatic nitrogens is 2. The summed E-state index contributed by atoms with van der Waals surface area (Å²) in [5.74, 6) is 0.956. The second-order valence-electron chi connectivity index (χ2n) is 6.02. The number of aryl methyl sites for hydroxylation is 2. The second-order valence-corrected chi connectivity index (χ2v) is 6.02. The van der Waals surface area contributed by atoms with Gasteiger partial charge in [0, 0.05) is 24.9 Å². The third kappa shape index (κ3) is 4.29. The van der Waals surface area contributed by atoms with Gasteiger partial charge in [0.1, 0.15) is 17.3 Å². The number of carbonyl (C=O) groups is 1. The van der Waals surface area contributed by atoms with Gasteiger partial charge in [0.25, 0.3) is 5.91 Å². The van der Waals surface area contributed by atoms with Gasteiger partial charge < -0.3 is 15.4 Å². The van der Waals surface area contributed by atoms with Crippen LogP contribution in [0, 0.1) is 13.8 Å². The van der Waals surface area contributed by atoms with Crippen LogP contribution in [0.1, 0.15) is 34.7 Å². The lowest BCUT2D eigenvalue weighted by Gasteiger charge is -2.12. The molecule has 2 N–H and O–H groups in total. The van der Waals surface area contributed by atoms with Gasteiger partial charge in [-0.05, 0) is 38.8 Å². The van der Waals surface area contributed by atoms with Gasteiger partial charge in [-0.3, -0.25) is 4.79 Å². The average molecular weight is 326 g/mol. The Morgan fingerprint density at radius 2 is 2.04 bits per heavy atom. The summed E-state index contributed by atoms with van der Waals surface area (Å²) >= 11 is 0. The summed E-state index contributed by atoms with van der Waals surface area (Å²) in [7, 11) is 0. The van der Waals surface area contributed by atoms with Crippen molar-refractivity contribution in [2.24, 2.45) is 0 Å². The zero-order valence-corrected chi connectivity index (χ0v) is 14.0. The summed E-state index contributed by atoms with van der Waals surface area (Å²) in [4.78, 5) is 21.0. The van der Waals surface area contributed by atoms with E-state index in [4.69, 9.17) is 4.74 Å². The van der Waals surface area contributed by atoms with Gasteiger partial charge in [-0.2, -0.15) is 0 Å². The first-order valence-corrected chi connectivity index (χ1v) is 8.19. The van der Waals surface area contributed by atoms with E-state index in [2.05, 4.69) is 20.6 Å². The van der Waals surface area contributed by atoms with Crippen LogP contribution < -0.4 is 10.6 Å². The zero-order valence-electron chi connectivity index (χ0n) is 14.0. The van der Waals surface area contributed by atoms with E-state index >= 15 is 0 Å². The summed E-state index contributed by atoms with van der Waals surface area (Å²) in [5.41, 5.74) is 2.24. The molecular formula is C18H22N4O2. The minimum Gasteiger partial charge on any atom is -0.376 e. The Morgan fingerprint density at radius 3 is 2.75 bits per heavy atom. The van der Waals surface area contributed by atoms with Crippen molar-refractivity contribution in [1.29, 1.82) is 0 Å². The fraction of sp³-hybridized carbons (Fsp3) is 0.389. The van der Waals surface area contributed by atoms with E-state index < -0.39 is 0 Å². The third-order valence-corrected chi connectivity index (χ3v) is 3.91. The van der Waals surface area contributed by atoms with Gasteiger partial charge in [0.15, 0.2) is 0 Å². The number of hydrogen-bond acceptors (Lipinski definition) is 5. The molecule has 3 rings (SSSR count). The molecule has 1 atom stereocenters. The molecule has 6 nitrogen and oxygen atoms in total. The monoisotopic (exact) mass is 326 g/mol. The molecule has 1 fully saturated rings. The van der Waals surface area contributed by atoms with Crippen LogP contribution in [0.15, 0.2) is 30.3 Å². The zero-order chi connectivity index (χ0) is 16.9. The molecule has 24 heavy (non-hydrogen) atoms. The highest BCUT2D eigenvalue weighted by molar-refractivity contribution is 6.03. The molecule has 6 heteroatoms. The van der Waals surface area contributed by atoms with Gasteiger partial charge in [0.05, 0.1) is 6.10 Å². The van der Waals surface area contributed by atoms with Crippen molar-refractivity contribution in [2.45, 2.75) is 32.8 Å². The summed E-state index contributed by atoms with van der Waals surface area (Å²) in [6.45, 7) is 5.29. The molecule has 0 saturated carbocycles. The fourth-order valence-corrected chi connectivity index (χ4v) is 2.63. The number of ether oxygens (including phenoxy) is 1. The van der Waals surface area contributed by atoms with Crippen LogP contribution in [0.4, 0.5) is 11.5 Å². The molecule has 0 aliphatic carbocycles. The fourth-order valence-electron chi connectivity index (χ4n) is 2.63. The van der Waals surface area contributed by atoms with Crippen molar-refractivity contribution in [2.75, 3.05) is 23.8 Å². The molecule has 0 bridgehead atoms. The molecule has 1 aliphatic rings. The Balaban J connectivity index is 1.67. The molecular weight excluding hydrogens is 304 g/mol. The van der Waals surface area contributed by atoms with E-state index in [1.807, 2.05) is 31.2 Å². The lowest BCUT2D eigenvalue weighted by atomic mass is 10.2. The van der Waals surface area contributed by atoms with Crippen LogP contribution in [0.25, 0.3) is 0 Å². The first-order valence-electron chi connectivity index (χ1n) is 8.19. The Morgan fingerprint density at radius 1 is 1.25 bits per heavy atom. The van der Waals surface area contributed by atoms with Crippen LogP contribution in [-0.4, -0.2) is 35.1 Å². The third-order valence-electron chi connectivity index (χ3n) is 3.91. The number of anilines is 2. The first kappa shape index (κ1) is 16.4. The number of rotatable bonds is 5. The van der Waals surface area contributed by atoms with E-state index in [-0.39, 0.29) is 12.0 Å². The van der Waals surface area contributed by atoms with Crippen molar-refractivity contribution in [3.8, 4) is 0 Å². The maximum absolute atomic E-state index is 12.4. The smallest absolute Gasteiger partial charge is 0.274 e. The number of benzene rings is 1. The predicted molar refractivity (Wildman–Crippen MR) is 93.4 cm³/mol. The molecule has 1 aliphatic heterocycles. The first-order chi connectivity index (χ1) is 11.6. The van der Waals surface area contributed by atoms with Gasteiger partial charge >= 0.3 is 0 Å². The second kappa shape index (κ2) is 7.40. The summed E-state index contributed by atoms with van der Waals surface area (Å²) in [6, 6.07) is 9.33. The molecule has 2 aromatic rings. The number of nitrogens with one attached hydrogen (secondary N) is 2.